The molecule has 3 amide bonds. The summed E-state index contributed by atoms with van der Waals surface area (Å²) in [5, 5.41) is 2.55. The molecule has 1 heterocycles. The Morgan fingerprint density at radius 2 is 1.92 bits per heavy atom. The van der Waals surface area contributed by atoms with Gasteiger partial charge in [0.15, 0.2) is 0 Å². The third-order valence-corrected chi connectivity index (χ3v) is 4.43. The first-order valence-electron chi connectivity index (χ1n) is 7.31. The predicted octanol–water partition coefficient (Wildman–Crippen LogP) is 3.39. The fourth-order valence-corrected chi connectivity index (χ4v) is 2.94. The number of hydrogen-bond acceptors (Lipinski definition) is 3. The summed E-state index contributed by atoms with van der Waals surface area (Å²) < 4.78 is 6.76. The number of ether oxygens (including phenoxy) is 1. The van der Waals surface area contributed by atoms with Crippen LogP contribution >= 0.6 is 22.6 Å². The van der Waals surface area contributed by atoms with E-state index in [1.54, 1.807) is 6.08 Å². The van der Waals surface area contributed by atoms with Crippen LogP contribution in [0.4, 0.5) is 4.79 Å². The smallest absolute Gasteiger partial charge is 0.328 e. The average Bonchev–Trinajstić information content (AvgIpc) is 2.82. The number of halogens is 1. The monoisotopic (exact) mass is 434 g/mol. The second-order valence-corrected chi connectivity index (χ2v) is 6.48. The largest absolute Gasteiger partial charge is 0.488 e. The molecule has 0 aliphatic carbocycles. The molecule has 0 saturated carbocycles. The van der Waals surface area contributed by atoms with Crippen LogP contribution in [0.2, 0.25) is 0 Å². The molecule has 2 aromatic carbocycles. The summed E-state index contributed by atoms with van der Waals surface area (Å²) in [5.41, 5.74) is 2.20. The minimum Gasteiger partial charge on any atom is -0.488 e. The normalized spacial score (nSPS) is 15.8. The van der Waals surface area contributed by atoms with Gasteiger partial charge in [0, 0.05) is 7.05 Å². The molecule has 122 valence electrons. The van der Waals surface area contributed by atoms with E-state index in [4.69, 9.17) is 4.74 Å². The van der Waals surface area contributed by atoms with Crippen molar-refractivity contribution >= 4 is 40.6 Å². The minimum atomic E-state index is -0.413. The zero-order valence-corrected chi connectivity index (χ0v) is 15.1. The van der Waals surface area contributed by atoms with Gasteiger partial charge < -0.3 is 10.1 Å². The van der Waals surface area contributed by atoms with Crippen LogP contribution in [0.15, 0.2) is 54.2 Å². The van der Waals surface area contributed by atoms with Crippen molar-refractivity contribution in [2.45, 2.75) is 6.61 Å². The number of imide groups is 1. The van der Waals surface area contributed by atoms with Crippen LogP contribution in [0, 0.1) is 3.57 Å². The Kier molecular flexibility index (Phi) is 4.84. The molecule has 0 radical (unpaired) electrons. The number of benzene rings is 2. The Hall–Kier alpha value is -2.35. The zero-order valence-electron chi connectivity index (χ0n) is 13.0. The van der Waals surface area contributed by atoms with Gasteiger partial charge in [-0.05, 0) is 51.9 Å². The van der Waals surface area contributed by atoms with Crippen molar-refractivity contribution in [3.63, 3.8) is 0 Å². The molecule has 1 aliphatic heterocycles. The van der Waals surface area contributed by atoms with Crippen LogP contribution in [0.1, 0.15) is 11.1 Å². The lowest BCUT2D eigenvalue weighted by Gasteiger charge is -2.09. The molecule has 0 aromatic heterocycles. The number of nitrogens with one attached hydrogen (secondary N) is 1. The molecule has 1 fully saturated rings. The summed E-state index contributed by atoms with van der Waals surface area (Å²) in [4.78, 5) is 24.4. The summed E-state index contributed by atoms with van der Waals surface area (Å²) >= 11 is 2.19. The van der Waals surface area contributed by atoms with Crippen LogP contribution < -0.4 is 10.1 Å². The molecule has 24 heavy (non-hydrogen) atoms. The van der Waals surface area contributed by atoms with Gasteiger partial charge in [0.05, 0.1) is 3.57 Å². The van der Waals surface area contributed by atoms with Crippen LogP contribution in [-0.4, -0.2) is 23.9 Å². The van der Waals surface area contributed by atoms with Crippen molar-refractivity contribution in [1.82, 2.24) is 10.2 Å². The highest BCUT2D eigenvalue weighted by molar-refractivity contribution is 14.1. The highest BCUT2D eigenvalue weighted by atomic mass is 127. The second kappa shape index (κ2) is 7.04. The van der Waals surface area contributed by atoms with Crippen molar-refractivity contribution in [3.8, 4) is 5.75 Å². The fourth-order valence-electron chi connectivity index (χ4n) is 2.25. The maximum Gasteiger partial charge on any atom is 0.328 e. The summed E-state index contributed by atoms with van der Waals surface area (Å²) in [6.07, 6.45) is 1.66. The second-order valence-electron chi connectivity index (χ2n) is 5.32. The van der Waals surface area contributed by atoms with Gasteiger partial charge >= 0.3 is 6.03 Å². The lowest BCUT2D eigenvalue weighted by atomic mass is 10.2. The number of likely N-dealkylation sites (N-methyl/N-ethyl adjacent to an activating group) is 1. The molecule has 0 unspecified atom stereocenters. The van der Waals surface area contributed by atoms with Gasteiger partial charge in [-0.25, -0.2) is 4.79 Å². The Morgan fingerprint density at radius 3 is 2.54 bits per heavy atom. The number of amides is 3. The van der Waals surface area contributed by atoms with E-state index in [0.29, 0.717) is 6.61 Å². The molecule has 0 atom stereocenters. The van der Waals surface area contributed by atoms with Crippen molar-refractivity contribution in [1.29, 1.82) is 0 Å². The van der Waals surface area contributed by atoms with E-state index in [1.807, 2.05) is 48.5 Å². The number of carbonyl (C=O) groups excluding carboxylic acids is 2. The van der Waals surface area contributed by atoms with Crippen molar-refractivity contribution < 1.29 is 14.3 Å². The minimum absolute atomic E-state index is 0.274. The van der Waals surface area contributed by atoms with Gasteiger partial charge in [-0.1, -0.05) is 36.4 Å². The van der Waals surface area contributed by atoms with Crippen LogP contribution in [-0.2, 0) is 11.4 Å². The predicted molar refractivity (Wildman–Crippen MR) is 99.2 cm³/mol. The van der Waals surface area contributed by atoms with Crippen LogP contribution in [0.3, 0.4) is 0 Å². The summed E-state index contributed by atoms with van der Waals surface area (Å²) in [6.45, 7) is 0.497. The first-order chi connectivity index (χ1) is 11.5. The van der Waals surface area contributed by atoms with Gasteiger partial charge in [-0.2, -0.15) is 0 Å². The molecule has 0 spiro atoms. The fraction of sp³-hybridized carbons (Fsp3) is 0.111. The topological polar surface area (TPSA) is 58.6 Å². The molecule has 1 saturated heterocycles. The molecular weight excluding hydrogens is 419 g/mol. The number of hydrogen-bond donors (Lipinski definition) is 1. The van der Waals surface area contributed by atoms with Gasteiger partial charge in [0.25, 0.3) is 5.91 Å². The lowest BCUT2D eigenvalue weighted by Crippen LogP contribution is -2.25. The Labute approximate surface area is 153 Å². The highest BCUT2D eigenvalue weighted by Gasteiger charge is 2.29. The first-order valence-corrected chi connectivity index (χ1v) is 8.39. The lowest BCUT2D eigenvalue weighted by molar-refractivity contribution is -0.121. The van der Waals surface area contributed by atoms with E-state index in [1.165, 1.54) is 7.05 Å². The average molecular weight is 434 g/mol. The molecular formula is C18H15IN2O3. The number of carbonyl (C=O) groups is 2. The van der Waals surface area contributed by atoms with E-state index >= 15 is 0 Å². The molecule has 3 rings (SSSR count). The van der Waals surface area contributed by atoms with Gasteiger partial charge in [0.1, 0.15) is 18.1 Å². The number of nitrogens with zero attached hydrogens (tertiary/aromatic N) is 1. The maximum atomic E-state index is 11.9. The van der Waals surface area contributed by atoms with E-state index in [9.17, 15) is 9.59 Å². The Morgan fingerprint density at radius 1 is 1.17 bits per heavy atom. The number of rotatable bonds is 4. The van der Waals surface area contributed by atoms with Gasteiger partial charge in [-0.15, -0.1) is 0 Å². The summed E-state index contributed by atoms with van der Waals surface area (Å²) in [5.74, 6) is 0.444. The highest BCUT2D eigenvalue weighted by Crippen LogP contribution is 2.24. The standard InChI is InChI=1S/C18H15IN2O3/c1-21-17(22)15(20-18(21)23)10-13-7-8-16(14(19)9-13)24-11-12-5-3-2-4-6-12/h2-10H,11H2,1H3,(H,20,23)/b15-10+. The molecule has 0 bridgehead atoms. The zero-order chi connectivity index (χ0) is 17.1. The molecule has 1 N–H and O–H groups in total. The molecule has 2 aromatic rings. The van der Waals surface area contributed by atoms with E-state index < -0.39 is 6.03 Å². The molecule has 6 heteroatoms. The van der Waals surface area contributed by atoms with Crippen molar-refractivity contribution in [3.05, 3.63) is 68.9 Å². The SMILES string of the molecule is CN1C(=O)N/C(=C/c2ccc(OCc3ccccc3)c(I)c2)C1=O. The first kappa shape index (κ1) is 16.5. The van der Waals surface area contributed by atoms with E-state index in [2.05, 4.69) is 27.9 Å². The summed E-state index contributed by atoms with van der Waals surface area (Å²) in [7, 11) is 1.45. The quantitative estimate of drug-likeness (QED) is 0.456. The third-order valence-electron chi connectivity index (χ3n) is 3.59. The van der Waals surface area contributed by atoms with Gasteiger partial charge in [-0.3, -0.25) is 9.69 Å². The summed E-state index contributed by atoms with van der Waals surface area (Å²) in [6, 6.07) is 15.2. The third kappa shape index (κ3) is 3.59. The van der Waals surface area contributed by atoms with E-state index in [-0.39, 0.29) is 11.6 Å². The Bertz CT molecular complexity index is 818. The van der Waals surface area contributed by atoms with Gasteiger partial charge in [0.2, 0.25) is 0 Å². The Balaban J connectivity index is 1.73. The van der Waals surface area contributed by atoms with Crippen LogP contribution in [0.25, 0.3) is 6.08 Å². The molecule has 1 aliphatic rings. The molecule has 5 nitrogen and oxygen atoms in total. The van der Waals surface area contributed by atoms with Crippen molar-refractivity contribution in [2.75, 3.05) is 7.05 Å². The number of urea groups is 1. The van der Waals surface area contributed by atoms with E-state index in [0.717, 1.165) is 25.3 Å². The van der Waals surface area contributed by atoms with Crippen molar-refractivity contribution in [2.24, 2.45) is 0 Å². The maximum absolute atomic E-state index is 11.9. The van der Waals surface area contributed by atoms with Crippen LogP contribution in [0.5, 0.6) is 5.75 Å².